The number of rotatable bonds is 5. The number of thiazole rings is 1. The molecule has 1 aromatic carbocycles. The second kappa shape index (κ2) is 6.89. The van der Waals surface area contributed by atoms with Crippen LogP contribution in [0.25, 0.3) is 0 Å². The van der Waals surface area contributed by atoms with Crippen LogP contribution < -0.4 is 10.1 Å². The summed E-state index contributed by atoms with van der Waals surface area (Å²) in [7, 11) is 0. The van der Waals surface area contributed by atoms with Crippen molar-refractivity contribution in [3.63, 3.8) is 0 Å². The Morgan fingerprint density at radius 2 is 2.20 bits per heavy atom. The largest absolute Gasteiger partial charge is 0.486 e. The molecule has 1 amide bonds. The van der Waals surface area contributed by atoms with Gasteiger partial charge in [0.2, 0.25) is 0 Å². The average Bonchev–Trinajstić information content (AvgIpc) is 2.93. The lowest BCUT2D eigenvalue weighted by molar-refractivity contribution is 0.0954. The van der Waals surface area contributed by atoms with Gasteiger partial charge in [-0.25, -0.2) is 4.98 Å². The number of aromatic nitrogens is 1. The van der Waals surface area contributed by atoms with Crippen molar-refractivity contribution < 1.29 is 9.53 Å². The van der Waals surface area contributed by atoms with Crippen LogP contribution in [0.4, 0.5) is 0 Å². The highest BCUT2D eigenvalue weighted by Crippen LogP contribution is 2.18. The maximum absolute atomic E-state index is 11.6. The molecule has 0 fully saturated rings. The number of carbonyl (C=O) groups is 1. The number of ether oxygens (including phenoxy) is 1. The molecule has 0 saturated carbocycles. The van der Waals surface area contributed by atoms with Gasteiger partial charge in [-0.2, -0.15) is 5.26 Å². The molecule has 2 rings (SSSR count). The van der Waals surface area contributed by atoms with Gasteiger partial charge in [-0.3, -0.25) is 4.79 Å². The van der Waals surface area contributed by atoms with E-state index in [9.17, 15) is 4.79 Å². The van der Waals surface area contributed by atoms with Gasteiger partial charge >= 0.3 is 0 Å². The number of amides is 1. The minimum absolute atomic E-state index is 0.0348. The molecule has 20 heavy (non-hydrogen) atoms. The first kappa shape index (κ1) is 14.3. The summed E-state index contributed by atoms with van der Waals surface area (Å²) in [5.74, 6) is 0.320. The number of nitrogens with one attached hydrogen (secondary N) is 1. The molecule has 5 nitrogen and oxygen atoms in total. The Labute approximate surface area is 124 Å². The summed E-state index contributed by atoms with van der Waals surface area (Å²) < 4.78 is 5.53. The van der Waals surface area contributed by atoms with Crippen LogP contribution in [0.2, 0.25) is 5.02 Å². The summed E-state index contributed by atoms with van der Waals surface area (Å²) in [4.78, 5) is 15.7. The fourth-order valence-corrected chi connectivity index (χ4v) is 2.18. The number of halogens is 1. The standard InChI is InChI=1S/C13H10ClN3O2S/c14-9-1-3-10(4-2-9)19-7-12-17-11(8-20-12)13(18)16-6-5-15/h1-4,8H,6-7H2,(H,16,18). The Kier molecular flexibility index (Phi) is 4.93. The van der Waals surface area contributed by atoms with Gasteiger partial charge in [0.05, 0.1) is 6.07 Å². The number of carbonyl (C=O) groups excluding carboxylic acids is 1. The fourth-order valence-electron chi connectivity index (χ4n) is 1.37. The highest BCUT2D eigenvalue weighted by atomic mass is 35.5. The van der Waals surface area contributed by atoms with Gasteiger partial charge < -0.3 is 10.1 Å². The molecule has 1 aromatic heterocycles. The summed E-state index contributed by atoms with van der Waals surface area (Å²) in [6.45, 7) is 0.241. The summed E-state index contributed by atoms with van der Waals surface area (Å²) in [6.07, 6.45) is 0. The highest BCUT2D eigenvalue weighted by Gasteiger charge is 2.10. The zero-order chi connectivity index (χ0) is 14.4. The highest BCUT2D eigenvalue weighted by molar-refractivity contribution is 7.09. The summed E-state index contributed by atoms with van der Waals surface area (Å²) in [5, 5.41) is 13.8. The maximum Gasteiger partial charge on any atom is 0.271 e. The van der Waals surface area contributed by atoms with Crippen molar-refractivity contribution in [2.45, 2.75) is 6.61 Å². The van der Waals surface area contributed by atoms with E-state index in [1.165, 1.54) is 11.3 Å². The van der Waals surface area contributed by atoms with Crippen LogP contribution in [0.3, 0.4) is 0 Å². The van der Waals surface area contributed by atoms with E-state index in [2.05, 4.69) is 10.3 Å². The molecule has 1 heterocycles. The van der Waals surface area contributed by atoms with E-state index in [1.54, 1.807) is 29.6 Å². The van der Waals surface area contributed by atoms with E-state index < -0.39 is 0 Å². The Balaban J connectivity index is 1.91. The molecule has 102 valence electrons. The van der Waals surface area contributed by atoms with E-state index in [1.807, 2.05) is 6.07 Å². The number of nitriles is 1. The van der Waals surface area contributed by atoms with Crippen LogP contribution >= 0.6 is 22.9 Å². The quantitative estimate of drug-likeness (QED) is 0.862. The molecule has 0 atom stereocenters. The lowest BCUT2D eigenvalue weighted by atomic mass is 10.3. The average molecular weight is 308 g/mol. The molecule has 1 N–H and O–H groups in total. The molecular formula is C13H10ClN3O2S. The van der Waals surface area contributed by atoms with Crippen LogP contribution in [0, 0.1) is 11.3 Å². The van der Waals surface area contributed by atoms with E-state index in [0.29, 0.717) is 21.5 Å². The van der Waals surface area contributed by atoms with Crippen LogP contribution in [0.5, 0.6) is 5.75 Å². The number of nitrogens with zero attached hydrogens (tertiary/aromatic N) is 2. The summed E-state index contributed by atoms with van der Waals surface area (Å²) >= 11 is 7.10. The first-order chi connectivity index (χ1) is 9.69. The zero-order valence-corrected chi connectivity index (χ0v) is 11.9. The molecule has 0 spiro atoms. The molecule has 7 heteroatoms. The zero-order valence-electron chi connectivity index (χ0n) is 10.3. The molecule has 0 aliphatic heterocycles. The third kappa shape index (κ3) is 3.95. The SMILES string of the molecule is N#CCNC(=O)c1csc(COc2ccc(Cl)cc2)n1. The summed E-state index contributed by atoms with van der Waals surface area (Å²) in [6, 6.07) is 8.83. The Hall–Kier alpha value is -2.10. The smallest absolute Gasteiger partial charge is 0.271 e. The normalized spacial score (nSPS) is 9.80. The number of hydrogen-bond acceptors (Lipinski definition) is 5. The van der Waals surface area contributed by atoms with Crippen molar-refractivity contribution in [3.8, 4) is 11.8 Å². The van der Waals surface area contributed by atoms with Crippen molar-refractivity contribution in [3.05, 3.63) is 45.4 Å². The molecule has 0 unspecified atom stereocenters. The lowest BCUT2D eigenvalue weighted by Crippen LogP contribution is -2.23. The third-order valence-electron chi connectivity index (χ3n) is 2.29. The van der Waals surface area contributed by atoms with Crippen molar-refractivity contribution in [2.24, 2.45) is 0 Å². The fraction of sp³-hybridized carbons (Fsp3) is 0.154. The van der Waals surface area contributed by atoms with Crippen molar-refractivity contribution in [1.29, 1.82) is 5.26 Å². The van der Waals surface area contributed by atoms with Crippen molar-refractivity contribution in [2.75, 3.05) is 6.54 Å². The second-order valence-electron chi connectivity index (χ2n) is 3.71. The van der Waals surface area contributed by atoms with Crippen LogP contribution in [0.15, 0.2) is 29.6 Å². The lowest BCUT2D eigenvalue weighted by Gasteiger charge is -2.03. The Morgan fingerprint density at radius 3 is 2.90 bits per heavy atom. The predicted octanol–water partition coefficient (Wildman–Crippen LogP) is 2.63. The van der Waals surface area contributed by atoms with E-state index in [4.69, 9.17) is 21.6 Å². The van der Waals surface area contributed by atoms with Crippen LogP contribution in [-0.4, -0.2) is 17.4 Å². The van der Waals surface area contributed by atoms with Gasteiger partial charge in [-0.15, -0.1) is 11.3 Å². The van der Waals surface area contributed by atoms with E-state index >= 15 is 0 Å². The summed E-state index contributed by atoms with van der Waals surface area (Å²) in [5.41, 5.74) is 0.292. The van der Waals surface area contributed by atoms with Gasteiger partial charge in [-0.1, -0.05) is 11.6 Å². The van der Waals surface area contributed by atoms with Crippen molar-refractivity contribution >= 4 is 28.8 Å². The van der Waals surface area contributed by atoms with Gasteiger partial charge in [0, 0.05) is 10.4 Å². The van der Waals surface area contributed by atoms with Crippen molar-refractivity contribution in [1.82, 2.24) is 10.3 Å². The Bertz CT molecular complexity index is 634. The Morgan fingerprint density at radius 1 is 1.45 bits per heavy atom. The molecule has 0 aliphatic carbocycles. The number of hydrogen-bond donors (Lipinski definition) is 1. The van der Waals surface area contributed by atoms with Gasteiger partial charge in [0.15, 0.2) is 0 Å². The third-order valence-corrected chi connectivity index (χ3v) is 3.36. The molecular weight excluding hydrogens is 298 g/mol. The first-order valence-corrected chi connectivity index (χ1v) is 6.92. The molecule has 0 radical (unpaired) electrons. The minimum atomic E-state index is -0.361. The molecule has 0 aliphatic rings. The molecule has 0 saturated heterocycles. The van der Waals surface area contributed by atoms with Crippen LogP contribution in [-0.2, 0) is 6.61 Å². The minimum Gasteiger partial charge on any atom is -0.486 e. The monoisotopic (exact) mass is 307 g/mol. The van der Waals surface area contributed by atoms with E-state index in [0.717, 1.165) is 0 Å². The second-order valence-corrected chi connectivity index (χ2v) is 5.09. The van der Waals surface area contributed by atoms with Gasteiger partial charge in [-0.05, 0) is 24.3 Å². The van der Waals surface area contributed by atoms with Gasteiger partial charge in [0.1, 0.15) is 29.6 Å². The maximum atomic E-state index is 11.6. The molecule has 2 aromatic rings. The van der Waals surface area contributed by atoms with E-state index in [-0.39, 0.29) is 19.1 Å². The van der Waals surface area contributed by atoms with Crippen LogP contribution in [0.1, 0.15) is 15.5 Å². The molecule has 0 bridgehead atoms. The predicted molar refractivity (Wildman–Crippen MR) is 75.8 cm³/mol. The number of benzene rings is 1. The first-order valence-electron chi connectivity index (χ1n) is 5.67. The topological polar surface area (TPSA) is 75.0 Å². The van der Waals surface area contributed by atoms with Gasteiger partial charge in [0.25, 0.3) is 5.91 Å².